The number of carbonyl (C=O) groups excluding carboxylic acids is 2. The summed E-state index contributed by atoms with van der Waals surface area (Å²) in [5.74, 6) is -10.8. The number of anilines is 1. The van der Waals surface area contributed by atoms with Crippen molar-refractivity contribution in [3.8, 4) is 5.75 Å². The SMILES string of the molecule is CC1C(c2ccc(F)c(F)c2OC(F)F)C(C(=O)Nc2cc[nH+]c(C(N)=O)c2)CC1(C)C(F)(F)F. The fraction of sp³-hybridized carbons (Fsp3) is 0.409. The van der Waals surface area contributed by atoms with Crippen molar-refractivity contribution in [2.24, 2.45) is 23.0 Å². The maximum absolute atomic E-state index is 14.4. The molecule has 1 fully saturated rings. The standard InChI is InChI=1S/C22H20F7N3O3/c1-9-15(11-3-4-13(23)16(24)17(11)35-20(25)26)12(8-21(9,2)22(27,28)29)19(34)32-10-5-6-31-14(7-10)18(30)33/h3-7,9,12,15,20H,8H2,1-2H3,(H2,30,33)(H,31,32,34)/p+1. The molecule has 1 aromatic heterocycles. The number of H-pyrrole nitrogens is 1. The highest BCUT2D eigenvalue weighted by atomic mass is 19.4. The van der Waals surface area contributed by atoms with Gasteiger partial charge in [-0.2, -0.15) is 26.3 Å². The first-order valence-electron chi connectivity index (χ1n) is 10.3. The van der Waals surface area contributed by atoms with Gasteiger partial charge >= 0.3 is 18.7 Å². The number of pyridine rings is 1. The summed E-state index contributed by atoms with van der Waals surface area (Å²) in [5.41, 5.74) is 2.11. The Labute approximate surface area is 194 Å². The summed E-state index contributed by atoms with van der Waals surface area (Å²) in [7, 11) is 0. The van der Waals surface area contributed by atoms with Gasteiger partial charge in [0.25, 0.3) is 5.69 Å². The highest BCUT2D eigenvalue weighted by Gasteiger charge is 2.64. The van der Waals surface area contributed by atoms with E-state index in [4.69, 9.17) is 5.73 Å². The Morgan fingerprint density at radius 2 is 1.89 bits per heavy atom. The van der Waals surface area contributed by atoms with E-state index in [0.29, 0.717) is 6.07 Å². The first-order chi connectivity index (χ1) is 16.2. The molecule has 1 aromatic carbocycles. The molecule has 0 aliphatic heterocycles. The topological polar surface area (TPSA) is 95.6 Å². The van der Waals surface area contributed by atoms with E-state index in [0.717, 1.165) is 26.0 Å². The Bertz CT molecular complexity index is 1140. The molecule has 35 heavy (non-hydrogen) atoms. The molecular formula is C22H21F7N3O3+. The number of benzene rings is 1. The molecule has 4 unspecified atom stereocenters. The van der Waals surface area contributed by atoms with Gasteiger partial charge in [-0.3, -0.25) is 9.59 Å². The van der Waals surface area contributed by atoms with E-state index in [9.17, 15) is 40.3 Å². The molecule has 1 aliphatic rings. The third-order valence-corrected chi connectivity index (χ3v) is 6.59. The molecule has 0 saturated heterocycles. The van der Waals surface area contributed by atoms with Gasteiger partial charge in [-0.15, -0.1) is 0 Å². The smallest absolute Gasteiger partial charge is 0.394 e. The van der Waals surface area contributed by atoms with Crippen molar-refractivity contribution in [2.75, 3.05) is 5.32 Å². The van der Waals surface area contributed by atoms with Crippen LogP contribution in [0.5, 0.6) is 5.75 Å². The quantitative estimate of drug-likeness (QED) is 0.566. The van der Waals surface area contributed by atoms with Crippen LogP contribution < -0.4 is 20.8 Å². The normalized spacial score (nSPS) is 24.5. The van der Waals surface area contributed by atoms with Crippen molar-refractivity contribution in [2.45, 2.75) is 39.0 Å². The summed E-state index contributed by atoms with van der Waals surface area (Å²) >= 11 is 0. The molecular weight excluding hydrogens is 487 g/mol. The van der Waals surface area contributed by atoms with Gasteiger partial charge in [0, 0.05) is 29.5 Å². The Morgan fingerprint density at radius 1 is 1.23 bits per heavy atom. The van der Waals surface area contributed by atoms with Crippen molar-refractivity contribution in [1.82, 2.24) is 0 Å². The maximum atomic E-state index is 14.4. The monoisotopic (exact) mass is 508 g/mol. The lowest BCUT2D eigenvalue weighted by Crippen LogP contribution is -2.38. The van der Waals surface area contributed by atoms with Crippen molar-refractivity contribution in [3.05, 3.63) is 53.4 Å². The van der Waals surface area contributed by atoms with Crippen LogP contribution in [0.3, 0.4) is 0 Å². The molecule has 2 aromatic rings. The minimum Gasteiger partial charge on any atom is -0.431 e. The van der Waals surface area contributed by atoms with Gasteiger partial charge in [-0.25, -0.2) is 9.37 Å². The van der Waals surface area contributed by atoms with Crippen molar-refractivity contribution < 1.29 is 50.0 Å². The fourth-order valence-electron chi connectivity index (χ4n) is 4.57. The zero-order valence-electron chi connectivity index (χ0n) is 18.4. The summed E-state index contributed by atoms with van der Waals surface area (Å²) in [6.45, 7) is -1.58. The van der Waals surface area contributed by atoms with Crippen LogP contribution in [-0.4, -0.2) is 24.6 Å². The number of hydrogen-bond donors (Lipinski definition) is 2. The van der Waals surface area contributed by atoms with E-state index < -0.39 is 77.1 Å². The molecule has 4 atom stereocenters. The number of carbonyl (C=O) groups is 2. The summed E-state index contributed by atoms with van der Waals surface area (Å²) in [4.78, 5) is 27.1. The van der Waals surface area contributed by atoms with E-state index in [1.54, 1.807) is 0 Å². The second kappa shape index (κ2) is 9.34. The lowest BCUT2D eigenvalue weighted by Gasteiger charge is -2.33. The number of nitrogens with two attached hydrogens (primary N) is 1. The molecule has 0 spiro atoms. The first-order valence-corrected chi connectivity index (χ1v) is 10.3. The summed E-state index contributed by atoms with van der Waals surface area (Å²) in [6.07, 6.45) is -4.33. The van der Waals surface area contributed by atoms with Gasteiger partial charge in [0.2, 0.25) is 11.7 Å². The van der Waals surface area contributed by atoms with Crippen LogP contribution in [0, 0.1) is 28.9 Å². The fourth-order valence-corrected chi connectivity index (χ4v) is 4.57. The molecule has 1 saturated carbocycles. The van der Waals surface area contributed by atoms with Crippen molar-refractivity contribution >= 4 is 17.5 Å². The van der Waals surface area contributed by atoms with E-state index in [2.05, 4.69) is 15.0 Å². The number of rotatable bonds is 6. The van der Waals surface area contributed by atoms with Gasteiger partial charge in [0.15, 0.2) is 17.8 Å². The average Bonchev–Trinajstić information content (AvgIpc) is 3.04. The van der Waals surface area contributed by atoms with E-state index >= 15 is 0 Å². The van der Waals surface area contributed by atoms with E-state index in [-0.39, 0.29) is 11.4 Å². The van der Waals surface area contributed by atoms with Crippen LogP contribution in [0.4, 0.5) is 36.4 Å². The van der Waals surface area contributed by atoms with Gasteiger partial charge in [0.1, 0.15) is 0 Å². The lowest BCUT2D eigenvalue weighted by molar-refractivity contribution is -0.381. The Balaban J connectivity index is 2.10. The molecule has 2 amide bonds. The zero-order valence-corrected chi connectivity index (χ0v) is 18.4. The Morgan fingerprint density at radius 3 is 2.46 bits per heavy atom. The van der Waals surface area contributed by atoms with Gasteiger partial charge in [-0.05, 0) is 18.4 Å². The van der Waals surface area contributed by atoms with Crippen LogP contribution in [0.15, 0.2) is 30.5 Å². The van der Waals surface area contributed by atoms with Gasteiger partial charge < -0.3 is 15.8 Å². The molecule has 0 radical (unpaired) electrons. The molecule has 13 heteroatoms. The van der Waals surface area contributed by atoms with Crippen LogP contribution in [0.25, 0.3) is 0 Å². The van der Waals surface area contributed by atoms with Crippen LogP contribution >= 0.6 is 0 Å². The van der Waals surface area contributed by atoms with Crippen molar-refractivity contribution in [1.29, 1.82) is 0 Å². The number of primary amides is 1. The molecule has 3 rings (SSSR count). The predicted molar refractivity (Wildman–Crippen MR) is 107 cm³/mol. The molecule has 4 N–H and O–H groups in total. The molecule has 1 aliphatic carbocycles. The lowest BCUT2D eigenvalue weighted by atomic mass is 9.75. The third kappa shape index (κ3) is 4.89. The number of aromatic nitrogens is 1. The highest BCUT2D eigenvalue weighted by Crippen LogP contribution is 2.62. The molecule has 6 nitrogen and oxygen atoms in total. The molecule has 0 bridgehead atoms. The molecule has 1 heterocycles. The average molecular weight is 508 g/mol. The molecule has 190 valence electrons. The minimum absolute atomic E-state index is 0.0175. The number of alkyl halides is 5. The maximum Gasteiger partial charge on any atom is 0.394 e. The number of ether oxygens (including phenoxy) is 1. The number of nitrogens with one attached hydrogen (secondary N) is 2. The number of hydrogen-bond acceptors (Lipinski definition) is 3. The third-order valence-electron chi connectivity index (χ3n) is 6.59. The van der Waals surface area contributed by atoms with E-state index in [1.165, 1.54) is 12.3 Å². The Hall–Kier alpha value is -3.38. The van der Waals surface area contributed by atoms with E-state index in [1.807, 2.05) is 0 Å². The van der Waals surface area contributed by atoms with Crippen LogP contribution in [0.2, 0.25) is 0 Å². The largest absolute Gasteiger partial charge is 0.431 e. The van der Waals surface area contributed by atoms with Gasteiger partial charge in [-0.1, -0.05) is 19.9 Å². The highest BCUT2D eigenvalue weighted by molar-refractivity contribution is 5.95. The van der Waals surface area contributed by atoms with Crippen LogP contribution in [-0.2, 0) is 4.79 Å². The Kier molecular flexibility index (Phi) is 7.00. The number of halogens is 7. The number of aromatic amines is 1. The minimum atomic E-state index is -4.82. The predicted octanol–water partition coefficient (Wildman–Crippen LogP) is 4.43. The summed E-state index contributed by atoms with van der Waals surface area (Å²) in [5, 5.41) is 2.38. The van der Waals surface area contributed by atoms with Crippen molar-refractivity contribution in [3.63, 3.8) is 0 Å². The van der Waals surface area contributed by atoms with Gasteiger partial charge in [0.05, 0.1) is 11.1 Å². The second-order valence-corrected chi connectivity index (χ2v) is 8.54. The zero-order chi connectivity index (χ0) is 26.3. The second-order valence-electron chi connectivity index (χ2n) is 8.54. The summed E-state index contributed by atoms with van der Waals surface area (Å²) < 4.78 is 101. The number of amides is 2. The first kappa shape index (κ1) is 26.2. The summed E-state index contributed by atoms with van der Waals surface area (Å²) in [6, 6.07) is 3.87. The van der Waals surface area contributed by atoms with Crippen LogP contribution in [0.1, 0.15) is 42.2 Å².